The van der Waals surface area contributed by atoms with Crippen LogP contribution in [-0.2, 0) is 16.1 Å². The number of primary amides is 1. The number of nitrogens with zero attached hydrogens (tertiary/aromatic N) is 4. The molecule has 0 aliphatic carbocycles. The molecule has 3 rings (SSSR count). The number of aryl methyl sites for hydroxylation is 1. The summed E-state index contributed by atoms with van der Waals surface area (Å²) in [6.45, 7) is 5.28. The Hall–Kier alpha value is -1.73. The predicted molar refractivity (Wildman–Crippen MR) is 91.6 cm³/mol. The number of hydrogen-bond donors (Lipinski definition) is 1. The molecule has 0 saturated carbocycles. The maximum atomic E-state index is 11.6. The van der Waals surface area contributed by atoms with Gasteiger partial charge in [0.15, 0.2) is 5.82 Å². The molecule has 0 spiro atoms. The Morgan fingerprint density at radius 3 is 2.71 bits per heavy atom. The van der Waals surface area contributed by atoms with Crippen LogP contribution in [0.3, 0.4) is 0 Å². The van der Waals surface area contributed by atoms with E-state index in [1.807, 2.05) is 13.0 Å². The molecule has 2 aliphatic heterocycles. The smallest absolute Gasteiger partial charge is 0.234 e. The number of amides is 1. The summed E-state index contributed by atoms with van der Waals surface area (Å²) in [7, 11) is 1.65. The molecular weight excluding hydrogens is 306 g/mol. The van der Waals surface area contributed by atoms with Gasteiger partial charge in [-0.3, -0.25) is 9.69 Å². The summed E-state index contributed by atoms with van der Waals surface area (Å²) < 4.78 is 5.15. The predicted octanol–water partition coefficient (Wildman–Crippen LogP) is 0.850. The van der Waals surface area contributed by atoms with Gasteiger partial charge in [-0.05, 0) is 39.2 Å². The summed E-state index contributed by atoms with van der Waals surface area (Å²) in [5.41, 5.74) is 6.52. The Balaban J connectivity index is 1.64. The highest BCUT2D eigenvalue weighted by atomic mass is 16.5. The van der Waals surface area contributed by atoms with Crippen molar-refractivity contribution in [3.05, 3.63) is 17.6 Å². The summed E-state index contributed by atoms with van der Waals surface area (Å²) in [4.78, 5) is 25.3. The van der Waals surface area contributed by atoms with Gasteiger partial charge in [-0.1, -0.05) is 0 Å². The molecule has 132 valence electrons. The molecule has 1 amide bonds. The van der Waals surface area contributed by atoms with E-state index in [4.69, 9.17) is 10.5 Å². The van der Waals surface area contributed by atoms with E-state index in [-0.39, 0.29) is 11.9 Å². The minimum Gasteiger partial charge on any atom is -0.377 e. The highest BCUT2D eigenvalue weighted by molar-refractivity contribution is 5.80. The molecule has 7 heteroatoms. The standard InChI is InChI=1S/C17H27N5O2/c1-12-10-16(20-15(19-12)11-24-2)21-8-5-13(6-9-21)22-7-3-4-14(22)17(18)23/h10,13-14H,3-9,11H2,1-2H3,(H2,18,23). The van der Waals surface area contributed by atoms with Crippen LogP contribution in [0, 0.1) is 6.92 Å². The molecule has 7 nitrogen and oxygen atoms in total. The van der Waals surface area contributed by atoms with Gasteiger partial charge in [-0.15, -0.1) is 0 Å². The van der Waals surface area contributed by atoms with Gasteiger partial charge in [-0.25, -0.2) is 9.97 Å². The first-order valence-electron chi connectivity index (χ1n) is 8.72. The second kappa shape index (κ2) is 7.44. The van der Waals surface area contributed by atoms with E-state index < -0.39 is 0 Å². The van der Waals surface area contributed by atoms with Crippen LogP contribution in [0.5, 0.6) is 0 Å². The Labute approximate surface area is 143 Å². The second-order valence-electron chi connectivity index (χ2n) is 6.73. The van der Waals surface area contributed by atoms with E-state index in [9.17, 15) is 4.79 Å². The number of anilines is 1. The number of carbonyl (C=O) groups is 1. The molecule has 1 atom stereocenters. The van der Waals surface area contributed by atoms with Crippen molar-refractivity contribution in [2.24, 2.45) is 5.73 Å². The van der Waals surface area contributed by atoms with Gasteiger partial charge >= 0.3 is 0 Å². The average Bonchev–Trinajstić information content (AvgIpc) is 3.05. The minimum atomic E-state index is -0.175. The Kier molecular flexibility index (Phi) is 5.30. The van der Waals surface area contributed by atoms with E-state index >= 15 is 0 Å². The fraction of sp³-hybridized carbons (Fsp3) is 0.706. The molecule has 3 heterocycles. The molecule has 0 bridgehead atoms. The molecule has 0 radical (unpaired) electrons. The molecular formula is C17H27N5O2. The molecule has 2 aliphatic rings. The van der Waals surface area contributed by atoms with Crippen LogP contribution in [0.2, 0.25) is 0 Å². The Morgan fingerprint density at radius 1 is 1.29 bits per heavy atom. The van der Waals surface area contributed by atoms with E-state index in [2.05, 4.69) is 19.8 Å². The Bertz CT molecular complexity index is 586. The second-order valence-corrected chi connectivity index (χ2v) is 6.73. The van der Waals surface area contributed by atoms with Gasteiger partial charge in [0.05, 0.1) is 6.04 Å². The van der Waals surface area contributed by atoms with Crippen molar-refractivity contribution >= 4 is 11.7 Å². The lowest BCUT2D eigenvalue weighted by Crippen LogP contribution is -2.50. The number of methoxy groups -OCH3 is 1. The molecule has 1 aromatic rings. The SMILES string of the molecule is COCc1nc(C)cc(N2CCC(N3CCCC3C(N)=O)CC2)n1. The van der Waals surface area contributed by atoms with Crippen LogP contribution in [0.1, 0.15) is 37.2 Å². The average molecular weight is 333 g/mol. The van der Waals surface area contributed by atoms with Crippen molar-refractivity contribution < 1.29 is 9.53 Å². The zero-order valence-electron chi connectivity index (χ0n) is 14.6. The van der Waals surface area contributed by atoms with Gasteiger partial charge in [-0.2, -0.15) is 0 Å². The zero-order chi connectivity index (χ0) is 17.1. The lowest BCUT2D eigenvalue weighted by Gasteiger charge is -2.39. The van der Waals surface area contributed by atoms with Crippen LogP contribution in [0.4, 0.5) is 5.82 Å². The highest BCUT2D eigenvalue weighted by Crippen LogP contribution is 2.27. The number of ether oxygens (including phenoxy) is 1. The largest absolute Gasteiger partial charge is 0.377 e. The minimum absolute atomic E-state index is 0.0730. The number of carbonyl (C=O) groups excluding carboxylic acids is 1. The molecule has 0 aromatic carbocycles. The summed E-state index contributed by atoms with van der Waals surface area (Å²) in [5, 5.41) is 0. The lowest BCUT2D eigenvalue weighted by molar-refractivity contribution is -0.123. The first-order valence-corrected chi connectivity index (χ1v) is 8.72. The molecule has 2 N–H and O–H groups in total. The third-order valence-electron chi connectivity index (χ3n) is 5.04. The summed E-state index contributed by atoms with van der Waals surface area (Å²) in [6.07, 6.45) is 4.04. The van der Waals surface area contributed by atoms with Crippen LogP contribution in [0.15, 0.2) is 6.07 Å². The lowest BCUT2D eigenvalue weighted by atomic mass is 10.0. The van der Waals surface area contributed by atoms with Crippen molar-refractivity contribution in [3.8, 4) is 0 Å². The van der Waals surface area contributed by atoms with Crippen molar-refractivity contribution in [2.75, 3.05) is 31.6 Å². The third kappa shape index (κ3) is 3.67. The van der Waals surface area contributed by atoms with E-state index in [1.54, 1.807) is 7.11 Å². The maximum absolute atomic E-state index is 11.6. The van der Waals surface area contributed by atoms with Crippen molar-refractivity contribution in [1.29, 1.82) is 0 Å². The van der Waals surface area contributed by atoms with Gasteiger partial charge in [0.2, 0.25) is 5.91 Å². The van der Waals surface area contributed by atoms with Crippen molar-refractivity contribution in [3.63, 3.8) is 0 Å². The van der Waals surface area contributed by atoms with Crippen LogP contribution in [-0.4, -0.2) is 59.6 Å². The molecule has 2 fully saturated rings. The number of piperidine rings is 1. The normalized spacial score (nSPS) is 22.9. The molecule has 24 heavy (non-hydrogen) atoms. The maximum Gasteiger partial charge on any atom is 0.234 e. The number of aromatic nitrogens is 2. The topological polar surface area (TPSA) is 84.6 Å². The highest BCUT2D eigenvalue weighted by Gasteiger charge is 2.35. The van der Waals surface area contributed by atoms with Gasteiger partial charge in [0.1, 0.15) is 12.4 Å². The van der Waals surface area contributed by atoms with Crippen LogP contribution >= 0.6 is 0 Å². The van der Waals surface area contributed by atoms with Crippen molar-refractivity contribution in [1.82, 2.24) is 14.9 Å². The third-order valence-corrected chi connectivity index (χ3v) is 5.04. The number of likely N-dealkylation sites (tertiary alicyclic amines) is 1. The first kappa shape index (κ1) is 17.1. The first-order chi connectivity index (χ1) is 11.6. The number of rotatable bonds is 5. The fourth-order valence-electron chi connectivity index (χ4n) is 3.93. The van der Waals surface area contributed by atoms with Crippen molar-refractivity contribution in [2.45, 2.75) is 51.3 Å². The molecule has 1 aromatic heterocycles. The van der Waals surface area contributed by atoms with Crippen LogP contribution in [0.25, 0.3) is 0 Å². The monoisotopic (exact) mass is 333 g/mol. The quantitative estimate of drug-likeness (QED) is 0.860. The van der Waals surface area contributed by atoms with Crippen LogP contribution < -0.4 is 10.6 Å². The van der Waals surface area contributed by atoms with Gasteiger partial charge < -0.3 is 15.4 Å². The number of nitrogens with two attached hydrogens (primary N) is 1. The molecule has 2 saturated heterocycles. The van der Waals surface area contributed by atoms with Gasteiger partial charge in [0.25, 0.3) is 0 Å². The van der Waals surface area contributed by atoms with E-state index in [0.717, 1.165) is 62.7 Å². The van der Waals surface area contributed by atoms with Gasteiger partial charge in [0, 0.05) is 38.0 Å². The van der Waals surface area contributed by atoms with E-state index in [0.29, 0.717) is 12.6 Å². The summed E-state index contributed by atoms with van der Waals surface area (Å²) in [5.74, 6) is 1.52. The fourth-order valence-corrected chi connectivity index (χ4v) is 3.93. The Morgan fingerprint density at radius 2 is 2.04 bits per heavy atom. The van der Waals surface area contributed by atoms with E-state index in [1.165, 1.54) is 0 Å². The number of hydrogen-bond acceptors (Lipinski definition) is 6. The summed E-state index contributed by atoms with van der Waals surface area (Å²) in [6, 6.07) is 2.40. The summed E-state index contributed by atoms with van der Waals surface area (Å²) >= 11 is 0. The molecule has 1 unspecified atom stereocenters. The zero-order valence-corrected chi connectivity index (χ0v) is 14.6.